The van der Waals surface area contributed by atoms with Crippen LogP contribution in [0.25, 0.3) is 0 Å². The Morgan fingerprint density at radius 1 is 1.52 bits per heavy atom. The van der Waals surface area contributed by atoms with Gasteiger partial charge in [-0.2, -0.15) is 5.26 Å². The summed E-state index contributed by atoms with van der Waals surface area (Å²) in [6.07, 6.45) is 2.06. The number of amides is 1. The zero-order valence-electron chi connectivity index (χ0n) is 12.7. The second kappa shape index (κ2) is 6.15. The summed E-state index contributed by atoms with van der Waals surface area (Å²) in [5.41, 5.74) is 0.726. The van der Waals surface area contributed by atoms with E-state index in [1.165, 1.54) is 7.11 Å². The summed E-state index contributed by atoms with van der Waals surface area (Å²) in [7, 11) is 1.52. The van der Waals surface area contributed by atoms with Crippen molar-refractivity contribution in [1.82, 2.24) is 5.32 Å². The van der Waals surface area contributed by atoms with Crippen LogP contribution in [0.3, 0.4) is 0 Å². The number of piperidine rings is 1. The lowest BCUT2D eigenvalue weighted by Gasteiger charge is -2.38. The van der Waals surface area contributed by atoms with E-state index in [0.29, 0.717) is 17.0 Å². The van der Waals surface area contributed by atoms with Crippen LogP contribution in [0, 0.1) is 16.7 Å². The quantitative estimate of drug-likeness (QED) is 0.894. The standard InChI is InChI=1S/C16H21N3O2/c1-16(2)8-5-9-18-14(16)15(20)19-13-11(10-17)6-4-7-12(13)21-3/h4,6-7,14,18H,5,8-9H2,1-3H3,(H,19,20). The SMILES string of the molecule is COc1cccc(C#N)c1NC(=O)C1NCCCC1(C)C. The average Bonchev–Trinajstić information content (AvgIpc) is 2.46. The van der Waals surface area contributed by atoms with Crippen molar-refractivity contribution in [2.45, 2.75) is 32.7 Å². The maximum Gasteiger partial charge on any atom is 0.242 e. The number of nitriles is 1. The Kier molecular flexibility index (Phi) is 4.49. The molecule has 5 nitrogen and oxygen atoms in total. The Labute approximate surface area is 125 Å². The number of benzene rings is 1. The lowest BCUT2D eigenvalue weighted by molar-refractivity contribution is -0.121. The Hall–Kier alpha value is -2.06. The van der Waals surface area contributed by atoms with Gasteiger partial charge in [0.25, 0.3) is 0 Å². The Morgan fingerprint density at radius 3 is 2.90 bits per heavy atom. The summed E-state index contributed by atoms with van der Waals surface area (Å²) < 4.78 is 5.24. The monoisotopic (exact) mass is 287 g/mol. The maximum absolute atomic E-state index is 12.6. The van der Waals surface area contributed by atoms with Gasteiger partial charge in [0, 0.05) is 0 Å². The Bertz CT molecular complexity index is 575. The highest BCUT2D eigenvalue weighted by molar-refractivity contribution is 5.98. The molecule has 0 saturated carbocycles. The van der Waals surface area contributed by atoms with E-state index in [1.54, 1.807) is 18.2 Å². The molecular formula is C16H21N3O2. The number of carbonyl (C=O) groups is 1. The van der Waals surface area contributed by atoms with Crippen LogP contribution in [0.5, 0.6) is 5.75 Å². The van der Waals surface area contributed by atoms with E-state index in [2.05, 4.69) is 30.6 Å². The number of nitrogens with one attached hydrogen (secondary N) is 2. The van der Waals surface area contributed by atoms with Crippen LogP contribution in [-0.2, 0) is 4.79 Å². The van der Waals surface area contributed by atoms with Crippen LogP contribution < -0.4 is 15.4 Å². The van der Waals surface area contributed by atoms with Crippen molar-refractivity contribution in [1.29, 1.82) is 5.26 Å². The third-order valence-electron chi connectivity index (χ3n) is 4.00. The van der Waals surface area contributed by atoms with E-state index in [4.69, 9.17) is 4.74 Å². The molecule has 1 atom stereocenters. The normalized spacial score (nSPS) is 20.4. The lowest BCUT2D eigenvalue weighted by Crippen LogP contribution is -2.53. The molecule has 0 radical (unpaired) electrons. The molecule has 1 saturated heterocycles. The van der Waals surface area contributed by atoms with Crippen LogP contribution in [-0.4, -0.2) is 25.6 Å². The topological polar surface area (TPSA) is 74.1 Å². The highest BCUT2D eigenvalue weighted by Gasteiger charge is 2.37. The molecule has 1 aromatic carbocycles. The molecule has 1 fully saturated rings. The number of para-hydroxylation sites is 1. The molecule has 0 spiro atoms. The van der Waals surface area contributed by atoms with Gasteiger partial charge < -0.3 is 15.4 Å². The van der Waals surface area contributed by atoms with E-state index >= 15 is 0 Å². The predicted molar refractivity (Wildman–Crippen MR) is 81.1 cm³/mol. The van der Waals surface area contributed by atoms with Crippen molar-refractivity contribution in [3.8, 4) is 11.8 Å². The summed E-state index contributed by atoms with van der Waals surface area (Å²) in [5, 5.41) is 15.3. The molecule has 0 aromatic heterocycles. The summed E-state index contributed by atoms with van der Waals surface area (Å²) in [6.45, 7) is 4.99. The van der Waals surface area contributed by atoms with Gasteiger partial charge >= 0.3 is 0 Å². The molecule has 112 valence electrons. The second-order valence-electron chi connectivity index (χ2n) is 5.96. The lowest BCUT2D eigenvalue weighted by atomic mass is 9.77. The third-order valence-corrected chi connectivity index (χ3v) is 4.00. The molecule has 0 aliphatic carbocycles. The number of hydrogen-bond donors (Lipinski definition) is 2. The van der Waals surface area contributed by atoms with Crippen LogP contribution in [0.1, 0.15) is 32.3 Å². The van der Waals surface area contributed by atoms with E-state index in [-0.39, 0.29) is 17.4 Å². The minimum absolute atomic E-state index is 0.114. The van der Waals surface area contributed by atoms with Gasteiger partial charge in [-0.15, -0.1) is 0 Å². The third kappa shape index (κ3) is 3.17. The zero-order chi connectivity index (χ0) is 15.5. The molecule has 1 aliphatic heterocycles. The van der Waals surface area contributed by atoms with Crippen LogP contribution in [0.2, 0.25) is 0 Å². The Morgan fingerprint density at radius 2 is 2.29 bits per heavy atom. The van der Waals surface area contributed by atoms with Crippen molar-refractivity contribution in [2.75, 3.05) is 19.0 Å². The Balaban J connectivity index is 2.26. The molecule has 1 unspecified atom stereocenters. The van der Waals surface area contributed by atoms with E-state index in [0.717, 1.165) is 19.4 Å². The molecule has 2 rings (SSSR count). The number of methoxy groups -OCH3 is 1. The number of ether oxygens (including phenoxy) is 1. The first-order valence-corrected chi connectivity index (χ1v) is 7.11. The fraction of sp³-hybridized carbons (Fsp3) is 0.500. The first-order chi connectivity index (χ1) is 9.99. The molecule has 0 bridgehead atoms. The number of rotatable bonds is 3. The van der Waals surface area contributed by atoms with Gasteiger partial charge in [0.15, 0.2) is 0 Å². The molecule has 1 aromatic rings. The molecule has 1 aliphatic rings. The van der Waals surface area contributed by atoms with Crippen molar-refractivity contribution in [2.24, 2.45) is 5.41 Å². The first kappa shape index (κ1) is 15.3. The number of anilines is 1. The fourth-order valence-electron chi connectivity index (χ4n) is 2.78. The minimum Gasteiger partial charge on any atom is -0.495 e. The van der Waals surface area contributed by atoms with Crippen molar-refractivity contribution >= 4 is 11.6 Å². The highest BCUT2D eigenvalue weighted by atomic mass is 16.5. The van der Waals surface area contributed by atoms with Gasteiger partial charge in [0.2, 0.25) is 5.91 Å². The predicted octanol–water partition coefficient (Wildman–Crippen LogP) is 2.28. The van der Waals surface area contributed by atoms with Gasteiger partial charge in [-0.1, -0.05) is 19.9 Å². The first-order valence-electron chi connectivity index (χ1n) is 7.11. The van der Waals surface area contributed by atoms with Crippen LogP contribution in [0.4, 0.5) is 5.69 Å². The van der Waals surface area contributed by atoms with Gasteiger partial charge in [-0.05, 0) is 36.9 Å². The van der Waals surface area contributed by atoms with E-state index in [9.17, 15) is 10.1 Å². The molecule has 1 amide bonds. The minimum atomic E-state index is -0.275. The number of hydrogen-bond acceptors (Lipinski definition) is 4. The zero-order valence-corrected chi connectivity index (χ0v) is 12.7. The number of carbonyl (C=O) groups excluding carboxylic acids is 1. The fourth-order valence-corrected chi connectivity index (χ4v) is 2.78. The second-order valence-corrected chi connectivity index (χ2v) is 5.96. The van der Waals surface area contributed by atoms with E-state index in [1.807, 2.05) is 0 Å². The smallest absolute Gasteiger partial charge is 0.242 e. The van der Waals surface area contributed by atoms with Crippen LogP contribution in [0.15, 0.2) is 18.2 Å². The summed E-state index contributed by atoms with van der Waals surface area (Å²) >= 11 is 0. The average molecular weight is 287 g/mol. The summed E-state index contributed by atoms with van der Waals surface area (Å²) in [6, 6.07) is 6.94. The highest BCUT2D eigenvalue weighted by Crippen LogP contribution is 2.33. The molecule has 5 heteroatoms. The van der Waals surface area contributed by atoms with Crippen molar-refractivity contribution < 1.29 is 9.53 Å². The largest absolute Gasteiger partial charge is 0.495 e. The van der Waals surface area contributed by atoms with E-state index < -0.39 is 0 Å². The number of nitrogens with zero attached hydrogens (tertiary/aromatic N) is 1. The van der Waals surface area contributed by atoms with Gasteiger partial charge in [-0.25, -0.2) is 0 Å². The van der Waals surface area contributed by atoms with Crippen molar-refractivity contribution in [3.63, 3.8) is 0 Å². The summed E-state index contributed by atoms with van der Waals surface area (Å²) in [4.78, 5) is 12.6. The molecular weight excluding hydrogens is 266 g/mol. The van der Waals surface area contributed by atoms with Gasteiger partial charge in [0.1, 0.15) is 17.5 Å². The molecule has 1 heterocycles. The molecule has 21 heavy (non-hydrogen) atoms. The molecule has 2 N–H and O–H groups in total. The maximum atomic E-state index is 12.6. The van der Waals surface area contributed by atoms with Gasteiger partial charge in [-0.3, -0.25) is 4.79 Å². The van der Waals surface area contributed by atoms with Crippen molar-refractivity contribution in [3.05, 3.63) is 23.8 Å². The van der Waals surface area contributed by atoms with Gasteiger partial charge in [0.05, 0.1) is 18.7 Å². The summed E-state index contributed by atoms with van der Waals surface area (Å²) in [5.74, 6) is 0.372. The van der Waals surface area contributed by atoms with Crippen LogP contribution >= 0.6 is 0 Å².